The number of rotatable bonds is 5. The summed E-state index contributed by atoms with van der Waals surface area (Å²) in [5.41, 5.74) is 0. The van der Waals surface area contributed by atoms with Crippen molar-refractivity contribution in [3.05, 3.63) is 0 Å². The first-order valence-corrected chi connectivity index (χ1v) is 6.89. The molecule has 1 saturated heterocycles. The van der Waals surface area contributed by atoms with Gasteiger partial charge in [-0.2, -0.15) is 0 Å². The molecule has 1 atom stereocenters. The summed E-state index contributed by atoms with van der Waals surface area (Å²) in [6, 6.07) is 0. The number of nitrogens with zero attached hydrogens (tertiary/aromatic N) is 2. The summed E-state index contributed by atoms with van der Waals surface area (Å²) < 4.78 is 0. The minimum atomic E-state index is 0.859. The van der Waals surface area contributed by atoms with Gasteiger partial charge in [0.05, 0.1) is 0 Å². The molecule has 0 N–H and O–H groups in total. The van der Waals surface area contributed by atoms with E-state index in [1.807, 2.05) is 0 Å². The van der Waals surface area contributed by atoms with Gasteiger partial charge in [-0.05, 0) is 5.92 Å². The SMILES string of the molecule is CCC(C)CN1CCN(CCBr)CC1. The zero-order valence-corrected chi connectivity index (χ0v) is 11.1. The van der Waals surface area contributed by atoms with E-state index in [1.165, 1.54) is 45.7 Å². The number of piperazine rings is 1. The van der Waals surface area contributed by atoms with Crippen molar-refractivity contribution in [3.8, 4) is 0 Å². The van der Waals surface area contributed by atoms with Crippen LogP contribution in [0, 0.1) is 5.92 Å². The van der Waals surface area contributed by atoms with Gasteiger partial charge >= 0.3 is 0 Å². The van der Waals surface area contributed by atoms with E-state index < -0.39 is 0 Å². The molecule has 0 spiro atoms. The first-order valence-electron chi connectivity index (χ1n) is 5.77. The summed E-state index contributed by atoms with van der Waals surface area (Å²) in [6.45, 7) is 12.2. The predicted molar refractivity (Wildman–Crippen MR) is 66.1 cm³/mol. The Labute approximate surface area is 96.8 Å². The van der Waals surface area contributed by atoms with E-state index in [0.717, 1.165) is 11.2 Å². The Bertz CT molecular complexity index is 144. The Hall–Kier alpha value is 0.400. The van der Waals surface area contributed by atoms with E-state index in [9.17, 15) is 0 Å². The molecule has 0 saturated carbocycles. The molecule has 1 heterocycles. The lowest BCUT2D eigenvalue weighted by Crippen LogP contribution is -2.47. The predicted octanol–water partition coefficient (Wildman–Crippen LogP) is 2.04. The van der Waals surface area contributed by atoms with Crippen LogP contribution in [0.3, 0.4) is 0 Å². The fourth-order valence-corrected chi connectivity index (χ4v) is 2.39. The summed E-state index contributed by atoms with van der Waals surface area (Å²) in [6.07, 6.45) is 1.31. The van der Waals surface area contributed by atoms with Crippen molar-refractivity contribution in [1.82, 2.24) is 9.80 Å². The standard InChI is InChI=1S/C11H23BrN2/c1-3-11(2)10-14-8-6-13(5-4-12)7-9-14/h11H,3-10H2,1-2H3. The lowest BCUT2D eigenvalue weighted by atomic mass is 10.1. The quantitative estimate of drug-likeness (QED) is 0.700. The van der Waals surface area contributed by atoms with E-state index in [2.05, 4.69) is 39.6 Å². The molecule has 0 aromatic heterocycles. The van der Waals surface area contributed by atoms with Gasteiger partial charge in [-0.3, -0.25) is 4.90 Å². The third kappa shape index (κ3) is 4.28. The molecule has 0 aromatic carbocycles. The van der Waals surface area contributed by atoms with Gasteiger partial charge in [0.2, 0.25) is 0 Å². The van der Waals surface area contributed by atoms with Gasteiger partial charge in [-0.25, -0.2) is 0 Å². The van der Waals surface area contributed by atoms with Gasteiger partial charge in [0.15, 0.2) is 0 Å². The molecule has 1 fully saturated rings. The summed E-state index contributed by atoms with van der Waals surface area (Å²) >= 11 is 3.50. The molecule has 14 heavy (non-hydrogen) atoms. The van der Waals surface area contributed by atoms with Crippen LogP contribution in [0.1, 0.15) is 20.3 Å². The molecule has 2 nitrogen and oxygen atoms in total. The van der Waals surface area contributed by atoms with Gasteiger partial charge in [0.25, 0.3) is 0 Å². The number of alkyl halides is 1. The van der Waals surface area contributed by atoms with E-state index in [-0.39, 0.29) is 0 Å². The first kappa shape index (κ1) is 12.5. The maximum Gasteiger partial charge on any atom is 0.0159 e. The molecule has 0 bridgehead atoms. The highest BCUT2D eigenvalue weighted by Crippen LogP contribution is 2.07. The lowest BCUT2D eigenvalue weighted by molar-refractivity contribution is 0.124. The zero-order chi connectivity index (χ0) is 10.4. The molecule has 1 aliphatic rings. The van der Waals surface area contributed by atoms with Crippen molar-refractivity contribution in [2.24, 2.45) is 5.92 Å². The van der Waals surface area contributed by atoms with Crippen LogP contribution >= 0.6 is 15.9 Å². The van der Waals surface area contributed by atoms with Crippen LogP contribution < -0.4 is 0 Å². The van der Waals surface area contributed by atoms with Crippen LogP contribution in [0.4, 0.5) is 0 Å². The molecule has 3 heteroatoms. The maximum atomic E-state index is 3.50. The normalized spacial score (nSPS) is 22.5. The Morgan fingerprint density at radius 3 is 2.21 bits per heavy atom. The Morgan fingerprint density at radius 2 is 1.71 bits per heavy atom. The molecule has 0 radical (unpaired) electrons. The van der Waals surface area contributed by atoms with Crippen molar-refractivity contribution in [1.29, 1.82) is 0 Å². The topological polar surface area (TPSA) is 6.48 Å². The summed E-state index contributed by atoms with van der Waals surface area (Å²) in [5.74, 6) is 0.859. The van der Waals surface area contributed by atoms with E-state index in [0.29, 0.717) is 0 Å². The molecule has 0 aliphatic carbocycles. The highest BCUT2D eigenvalue weighted by Gasteiger charge is 2.16. The largest absolute Gasteiger partial charge is 0.301 e. The number of halogens is 1. The van der Waals surface area contributed by atoms with Crippen LogP contribution in [0.2, 0.25) is 0 Å². The molecule has 1 rings (SSSR count). The van der Waals surface area contributed by atoms with Gasteiger partial charge in [-0.15, -0.1) is 0 Å². The second-order valence-corrected chi connectivity index (χ2v) is 5.14. The van der Waals surface area contributed by atoms with Crippen LogP contribution in [0.15, 0.2) is 0 Å². The molecule has 84 valence electrons. The number of hydrogen-bond acceptors (Lipinski definition) is 2. The van der Waals surface area contributed by atoms with Crippen molar-refractivity contribution in [2.75, 3.05) is 44.6 Å². The fourth-order valence-electron chi connectivity index (χ4n) is 1.88. The Morgan fingerprint density at radius 1 is 1.14 bits per heavy atom. The third-order valence-corrected chi connectivity index (χ3v) is 3.49. The van der Waals surface area contributed by atoms with Crippen LogP contribution in [-0.2, 0) is 0 Å². The second kappa shape index (κ2) is 6.81. The summed E-state index contributed by atoms with van der Waals surface area (Å²) in [4.78, 5) is 5.15. The average Bonchev–Trinajstić information content (AvgIpc) is 2.21. The molecular weight excluding hydrogens is 240 g/mol. The van der Waals surface area contributed by atoms with Crippen molar-refractivity contribution < 1.29 is 0 Å². The van der Waals surface area contributed by atoms with E-state index in [1.54, 1.807) is 0 Å². The molecule has 1 aliphatic heterocycles. The van der Waals surface area contributed by atoms with E-state index >= 15 is 0 Å². The third-order valence-electron chi connectivity index (χ3n) is 3.13. The molecule has 1 unspecified atom stereocenters. The van der Waals surface area contributed by atoms with Gasteiger partial charge in [0, 0.05) is 44.6 Å². The van der Waals surface area contributed by atoms with Crippen LogP contribution in [-0.4, -0.2) is 54.4 Å². The minimum absolute atomic E-state index is 0.859. The summed E-state index contributed by atoms with van der Waals surface area (Å²) in [7, 11) is 0. The Kier molecular flexibility index (Phi) is 6.06. The Balaban J connectivity index is 2.15. The van der Waals surface area contributed by atoms with Crippen molar-refractivity contribution >= 4 is 15.9 Å². The minimum Gasteiger partial charge on any atom is -0.301 e. The fraction of sp³-hybridized carbons (Fsp3) is 1.00. The summed E-state index contributed by atoms with van der Waals surface area (Å²) in [5, 5.41) is 1.11. The lowest BCUT2D eigenvalue weighted by Gasteiger charge is -2.35. The van der Waals surface area contributed by atoms with Gasteiger partial charge in [-0.1, -0.05) is 36.2 Å². The second-order valence-electron chi connectivity index (χ2n) is 4.34. The van der Waals surface area contributed by atoms with Crippen molar-refractivity contribution in [3.63, 3.8) is 0 Å². The zero-order valence-electron chi connectivity index (χ0n) is 9.51. The van der Waals surface area contributed by atoms with Crippen molar-refractivity contribution in [2.45, 2.75) is 20.3 Å². The number of hydrogen-bond donors (Lipinski definition) is 0. The maximum absolute atomic E-state index is 3.50. The highest BCUT2D eigenvalue weighted by atomic mass is 79.9. The van der Waals surface area contributed by atoms with Gasteiger partial charge in [0.1, 0.15) is 0 Å². The monoisotopic (exact) mass is 262 g/mol. The van der Waals surface area contributed by atoms with Gasteiger partial charge < -0.3 is 4.90 Å². The first-order chi connectivity index (χ1) is 6.76. The highest BCUT2D eigenvalue weighted by molar-refractivity contribution is 9.09. The molecular formula is C11H23BrN2. The van der Waals surface area contributed by atoms with E-state index in [4.69, 9.17) is 0 Å². The molecule has 0 aromatic rings. The molecule has 0 amide bonds. The average molecular weight is 263 g/mol. The van der Waals surface area contributed by atoms with Crippen LogP contribution in [0.25, 0.3) is 0 Å². The smallest absolute Gasteiger partial charge is 0.0159 e. The van der Waals surface area contributed by atoms with Crippen LogP contribution in [0.5, 0.6) is 0 Å².